The third kappa shape index (κ3) is 5.31. The van der Waals surface area contributed by atoms with Gasteiger partial charge in [0, 0.05) is 6.61 Å². The summed E-state index contributed by atoms with van der Waals surface area (Å²) in [5.74, 6) is -0.302. The summed E-state index contributed by atoms with van der Waals surface area (Å²) in [4.78, 5) is 10.5. The summed E-state index contributed by atoms with van der Waals surface area (Å²) in [7, 11) is 0. The van der Waals surface area contributed by atoms with Gasteiger partial charge >= 0.3 is 5.97 Å². The number of carbonyl (C=O) groups excluding carboxylic acids is 1. The minimum Gasteiger partial charge on any atom is -0.435 e. The number of hydrogen-bond acceptors (Lipinski definition) is 3. The van der Waals surface area contributed by atoms with E-state index in [9.17, 15) is 4.79 Å². The third-order valence-electron chi connectivity index (χ3n) is 0.869. The van der Waals surface area contributed by atoms with Crippen LogP contribution in [0.25, 0.3) is 0 Å². The van der Waals surface area contributed by atoms with Crippen molar-refractivity contribution in [1.82, 2.24) is 0 Å². The topological polar surface area (TPSA) is 35.5 Å². The first-order valence-corrected chi connectivity index (χ1v) is 3.19. The lowest BCUT2D eigenvalue weighted by Gasteiger charge is -1.98. The molecule has 58 valence electrons. The molecule has 3 nitrogen and oxygen atoms in total. The molecule has 0 atom stereocenters. The monoisotopic (exact) mass is 144 g/mol. The molecule has 0 saturated heterocycles. The highest BCUT2D eigenvalue weighted by atomic mass is 16.5. The first-order valence-electron chi connectivity index (χ1n) is 3.19. The normalized spacial score (nSPS) is 8.90. The Balaban J connectivity index is 3.13. The van der Waals surface area contributed by atoms with E-state index in [-0.39, 0.29) is 5.97 Å². The van der Waals surface area contributed by atoms with Crippen LogP contribution >= 0.6 is 0 Å². The smallest absolute Gasteiger partial charge is 0.312 e. The summed E-state index contributed by atoms with van der Waals surface area (Å²) in [6.07, 6.45) is 1.41. The van der Waals surface area contributed by atoms with Crippen LogP contribution in [0.1, 0.15) is 13.3 Å². The van der Waals surface area contributed by atoms with E-state index in [1.54, 1.807) is 0 Å². The van der Waals surface area contributed by atoms with Crippen molar-refractivity contribution in [3.05, 3.63) is 12.8 Å². The molecule has 0 aromatic heterocycles. The van der Waals surface area contributed by atoms with Crippen LogP contribution in [0.4, 0.5) is 0 Å². The van der Waals surface area contributed by atoms with Crippen LogP contribution in [0.15, 0.2) is 12.8 Å². The summed E-state index contributed by atoms with van der Waals surface area (Å²) >= 11 is 0. The lowest BCUT2D eigenvalue weighted by Crippen LogP contribution is -2.04. The molecule has 0 amide bonds. The molecule has 0 unspecified atom stereocenters. The van der Waals surface area contributed by atoms with Crippen molar-refractivity contribution in [3.63, 3.8) is 0 Å². The van der Waals surface area contributed by atoms with Crippen LogP contribution in [0.5, 0.6) is 0 Å². The molecule has 0 aromatic carbocycles. The van der Waals surface area contributed by atoms with Crippen molar-refractivity contribution < 1.29 is 14.3 Å². The summed E-state index contributed by atoms with van der Waals surface area (Å²) in [6, 6.07) is 0. The van der Waals surface area contributed by atoms with E-state index in [1.165, 1.54) is 0 Å². The lowest BCUT2D eigenvalue weighted by molar-refractivity contribution is -0.139. The second-order valence-corrected chi connectivity index (χ2v) is 1.60. The van der Waals surface area contributed by atoms with Crippen LogP contribution < -0.4 is 0 Å². The largest absolute Gasteiger partial charge is 0.435 e. The van der Waals surface area contributed by atoms with Gasteiger partial charge in [-0.1, -0.05) is 6.58 Å². The molecule has 0 rings (SSSR count). The van der Waals surface area contributed by atoms with Crippen LogP contribution in [0.2, 0.25) is 0 Å². The van der Waals surface area contributed by atoms with E-state index in [4.69, 9.17) is 4.74 Å². The maximum atomic E-state index is 10.5. The molecule has 0 aliphatic heterocycles. The Morgan fingerprint density at radius 3 is 2.90 bits per heavy atom. The quantitative estimate of drug-likeness (QED) is 0.329. The number of ether oxygens (including phenoxy) is 2. The van der Waals surface area contributed by atoms with Crippen LogP contribution in [0, 0.1) is 0 Å². The van der Waals surface area contributed by atoms with Crippen molar-refractivity contribution in [2.24, 2.45) is 0 Å². The van der Waals surface area contributed by atoms with Gasteiger partial charge in [-0.15, -0.1) is 0 Å². The average molecular weight is 144 g/mol. The zero-order valence-electron chi connectivity index (χ0n) is 6.13. The van der Waals surface area contributed by atoms with Crippen molar-refractivity contribution in [2.45, 2.75) is 13.3 Å². The van der Waals surface area contributed by atoms with Gasteiger partial charge < -0.3 is 9.47 Å². The van der Waals surface area contributed by atoms with Crippen molar-refractivity contribution in [3.8, 4) is 0 Å². The molecule has 0 saturated carbocycles. The van der Waals surface area contributed by atoms with E-state index in [0.29, 0.717) is 19.6 Å². The van der Waals surface area contributed by atoms with Gasteiger partial charge in [0.1, 0.15) is 0 Å². The van der Waals surface area contributed by atoms with E-state index in [2.05, 4.69) is 11.3 Å². The second-order valence-electron chi connectivity index (χ2n) is 1.60. The van der Waals surface area contributed by atoms with Crippen molar-refractivity contribution >= 4 is 5.97 Å². The molecule has 0 aromatic rings. The summed E-state index contributed by atoms with van der Waals surface area (Å²) in [5, 5.41) is 0. The zero-order valence-corrected chi connectivity index (χ0v) is 6.13. The Bertz CT molecular complexity index is 109. The maximum absolute atomic E-state index is 10.5. The summed E-state index contributed by atoms with van der Waals surface area (Å²) < 4.78 is 9.35. The molecule has 3 heteroatoms. The van der Waals surface area contributed by atoms with E-state index in [0.717, 1.165) is 6.26 Å². The average Bonchev–Trinajstić information content (AvgIpc) is 1.89. The number of esters is 1. The molecule has 0 bridgehead atoms. The first kappa shape index (κ1) is 9.17. The van der Waals surface area contributed by atoms with E-state index >= 15 is 0 Å². The van der Waals surface area contributed by atoms with Gasteiger partial charge in [-0.25, -0.2) is 0 Å². The predicted molar refractivity (Wildman–Crippen MR) is 37.4 cm³/mol. The molecule has 0 heterocycles. The first-order chi connectivity index (χ1) is 4.81. The highest BCUT2D eigenvalue weighted by Gasteiger charge is 1.98. The number of rotatable bonds is 5. The Kier molecular flexibility index (Phi) is 5.77. The lowest BCUT2D eigenvalue weighted by atomic mass is 10.5. The molecule has 0 fully saturated rings. The van der Waals surface area contributed by atoms with Gasteiger partial charge in [-0.05, 0) is 6.92 Å². The Morgan fingerprint density at radius 2 is 2.40 bits per heavy atom. The van der Waals surface area contributed by atoms with E-state index < -0.39 is 0 Å². The molecular weight excluding hydrogens is 132 g/mol. The van der Waals surface area contributed by atoms with Crippen LogP contribution in [-0.4, -0.2) is 19.2 Å². The zero-order chi connectivity index (χ0) is 7.82. The van der Waals surface area contributed by atoms with Gasteiger partial charge in [0.2, 0.25) is 0 Å². The molecular formula is C7H12O3. The minimum atomic E-state index is -0.302. The van der Waals surface area contributed by atoms with Gasteiger partial charge in [0.05, 0.1) is 19.3 Å². The fraction of sp³-hybridized carbons (Fsp3) is 0.571. The SMILES string of the molecule is C=COC(=O)CCOCC. The molecule has 0 spiro atoms. The summed E-state index contributed by atoms with van der Waals surface area (Å²) in [6.45, 7) is 6.17. The highest BCUT2D eigenvalue weighted by Crippen LogP contribution is 1.87. The second kappa shape index (κ2) is 6.29. The molecule has 0 radical (unpaired) electrons. The minimum absolute atomic E-state index is 0.292. The Morgan fingerprint density at radius 1 is 1.70 bits per heavy atom. The number of hydrogen-bond donors (Lipinski definition) is 0. The fourth-order valence-corrected chi connectivity index (χ4v) is 0.452. The standard InChI is InChI=1S/C7H12O3/c1-3-9-6-5-7(8)10-4-2/h4H,2-3,5-6H2,1H3. The van der Waals surface area contributed by atoms with Crippen molar-refractivity contribution in [1.29, 1.82) is 0 Å². The van der Waals surface area contributed by atoms with Gasteiger partial charge in [-0.3, -0.25) is 4.79 Å². The van der Waals surface area contributed by atoms with Crippen LogP contribution in [0.3, 0.4) is 0 Å². The number of carbonyl (C=O) groups is 1. The van der Waals surface area contributed by atoms with Crippen LogP contribution in [-0.2, 0) is 14.3 Å². The summed E-state index contributed by atoms with van der Waals surface area (Å²) in [5.41, 5.74) is 0. The van der Waals surface area contributed by atoms with E-state index in [1.807, 2.05) is 6.92 Å². The van der Waals surface area contributed by atoms with Gasteiger partial charge in [0.15, 0.2) is 0 Å². The predicted octanol–water partition coefficient (Wildman–Crippen LogP) is 1.10. The third-order valence-corrected chi connectivity index (χ3v) is 0.869. The maximum Gasteiger partial charge on any atom is 0.312 e. The fourth-order valence-electron chi connectivity index (χ4n) is 0.452. The molecule has 10 heavy (non-hydrogen) atoms. The molecule has 0 N–H and O–H groups in total. The molecule has 0 aliphatic rings. The highest BCUT2D eigenvalue weighted by molar-refractivity contribution is 5.69. The van der Waals surface area contributed by atoms with Crippen molar-refractivity contribution in [2.75, 3.05) is 13.2 Å². The molecule has 0 aliphatic carbocycles. The Hall–Kier alpha value is -0.830. The van der Waals surface area contributed by atoms with Gasteiger partial charge in [0.25, 0.3) is 0 Å². The van der Waals surface area contributed by atoms with Gasteiger partial charge in [-0.2, -0.15) is 0 Å². The Labute approximate surface area is 60.6 Å².